The fraction of sp³-hybridized carbons (Fsp3) is 0.143. The molecule has 5 nitrogen and oxygen atoms in total. The van der Waals surface area contributed by atoms with Crippen LogP contribution in [0.2, 0.25) is 5.02 Å². The first-order chi connectivity index (χ1) is 9.49. The number of hydrogen-bond acceptors (Lipinski definition) is 3. The van der Waals surface area contributed by atoms with E-state index in [0.29, 0.717) is 22.2 Å². The lowest BCUT2D eigenvalue weighted by Crippen LogP contribution is -2.16. The van der Waals surface area contributed by atoms with Crippen LogP contribution in [-0.2, 0) is 0 Å². The number of carbonyl (C=O) groups excluding carboxylic acids is 1. The van der Waals surface area contributed by atoms with Gasteiger partial charge in [-0.1, -0.05) is 11.6 Å². The van der Waals surface area contributed by atoms with Crippen molar-refractivity contribution >= 4 is 23.2 Å². The number of H-pyrrole nitrogens is 1. The normalized spacial score (nSPS) is 10.2. The lowest BCUT2D eigenvalue weighted by atomic mass is 10.2. The number of carbonyl (C=O) groups is 1. The lowest BCUT2D eigenvalue weighted by Gasteiger charge is -2.08. The second-order valence-electron chi connectivity index (χ2n) is 4.22. The summed E-state index contributed by atoms with van der Waals surface area (Å²) >= 11 is 5.98. The van der Waals surface area contributed by atoms with E-state index in [4.69, 9.17) is 16.3 Å². The molecule has 2 aromatic rings. The second-order valence-corrected chi connectivity index (χ2v) is 4.63. The fourth-order valence-corrected chi connectivity index (χ4v) is 2.02. The van der Waals surface area contributed by atoms with Gasteiger partial charge in [0, 0.05) is 23.0 Å². The second kappa shape index (κ2) is 5.79. The van der Waals surface area contributed by atoms with Crippen LogP contribution in [-0.4, -0.2) is 18.0 Å². The maximum absolute atomic E-state index is 12.0. The largest absolute Gasteiger partial charge is 0.495 e. The van der Waals surface area contributed by atoms with Gasteiger partial charge in [-0.3, -0.25) is 9.59 Å². The van der Waals surface area contributed by atoms with Crippen molar-refractivity contribution in [1.82, 2.24) is 4.98 Å². The van der Waals surface area contributed by atoms with Gasteiger partial charge in [-0.2, -0.15) is 0 Å². The van der Waals surface area contributed by atoms with Crippen LogP contribution in [0.1, 0.15) is 16.1 Å². The number of pyridine rings is 1. The number of hydrogen-bond donors (Lipinski definition) is 2. The van der Waals surface area contributed by atoms with Crippen molar-refractivity contribution in [2.24, 2.45) is 0 Å². The van der Waals surface area contributed by atoms with Gasteiger partial charge in [0.15, 0.2) is 0 Å². The number of benzene rings is 1. The number of anilines is 1. The molecule has 0 aliphatic carbocycles. The molecular formula is C14H13ClN2O3. The average molecular weight is 293 g/mol. The van der Waals surface area contributed by atoms with Gasteiger partial charge < -0.3 is 15.0 Å². The Labute approximate surface area is 120 Å². The zero-order chi connectivity index (χ0) is 14.7. The number of amides is 1. The molecule has 1 amide bonds. The Morgan fingerprint density at radius 3 is 2.65 bits per heavy atom. The van der Waals surface area contributed by atoms with E-state index in [2.05, 4.69) is 10.3 Å². The number of methoxy groups -OCH3 is 1. The van der Waals surface area contributed by atoms with Crippen LogP contribution < -0.4 is 15.6 Å². The Balaban J connectivity index is 2.23. The summed E-state index contributed by atoms with van der Waals surface area (Å²) in [6.45, 7) is 1.71. The minimum Gasteiger partial charge on any atom is -0.495 e. The quantitative estimate of drug-likeness (QED) is 0.913. The Bertz CT molecular complexity index is 710. The smallest absolute Gasteiger partial charge is 0.255 e. The van der Waals surface area contributed by atoms with E-state index in [1.807, 2.05) is 0 Å². The molecule has 0 radical (unpaired) electrons. The Kier molecular flexibility index (Phi) is 4.10. The molecule has 0 bridgehead atoms. The van der Waals surface area contributed by atoms with Gasteiger partial charge in [0.1, 0.15) is 5.75 Å². The first kappa shape index (κ1) is 14.1. The van der Waals surface area contributed by atoms with Crippen LogP contribution in [0.3, 0.4) is 0 Å². The minimum atomic E-state index is -0.375. The molecule has 0 aliphatic rings. The molecule has 104 valence electrons. The molecule has 0 saturated heterocycles. The maximum Gasteiger partial charge on any atom is 0.255 e. The van der Waals surface area contributed by atoms with Crippen molar-refractivity contribution < 1.29 is 9.53 Å². The molecule has 0 spiro atoms. The molecular weight excluding hydrogens is 280 g/mol. The zero-order valence-corrected chi connectivity index (χ0v) is 11.7. The number of aromatic amines is 1. The Hall–Kier alpha value is -2.27. The highest BCUT2D eigenvalue weighted by atomic mass is 35.5. The van der Waals surface area contributed by atoms with Crippen molar-refractivity contribution in [3.63, 3.8) is 0 Å². The summed E-state index contributed by atoms with van der Waals surface area (Å²) in [7, 11) is 1.51. The SMILES string of the molecule is COc1ccc(NC(=O)c2cc(C)[nH]c(=O)c2)cc1Cl. The predicted octanol–water partition coefficient (Wildman–Crippen LogP) is 2.60. The molecule has 2 rings (SSSR count). The highest BCUT2D eigenvalue weighted by Crippen LogP contribution is 2.27. The lowest BCUT2D eigenvalue weighted by molar-refractivity contribution is 0.102. The molecule has 1 aromatic heterocycles. The van der Waals surface area contributed by atoms with E-state index in [1.165, 1.54) is 13.2 Å². The number of halogens is 1. The van der Waals surface area contributed by atoms with Crippen molar-refractivity contribution in [2.45, 2.75) is 6.92 Å². The summed E-state index contributed by atoms with van der Waals surface area (Å²) in [5, 5.41) is 3.07. The molecule has 0 atom stereocenters. The third-order valence-electron chi connectivity index (χ3n) is 2.65. The molecule has 20 heavy (non-hydrogen) atoms. The van der Waals surface area contributed by atoms with Crippen LogP contribution in [0, 0.1) is 6.92 Å². The van der Waals surface area contributed by atoms with E-state index in [-0.39, 0.29) is 17.0 Å². The van der Waals surface area contributed by atoms with Gasteiger partial charge in [0.05, 0.1) is 12.1 Å². The highest BCUT2D eigenvalue weighted by Gasteiger charge is 2.09. The number of aromatic nitrogens is 1. The summed E-state index contributed by atoms with van der Waals surface area (Å²) in [6, 6.07) is 7.75. The summed E-state index contributed by atoms with van der Waals surface area (Å²) in [5.41, 5.74) is 1.12. The number of rotatable bonds is 3. The number of aryl methyl sites for hydroxylation is 1. The van der Waals surface area contributed by atoms with E-state index in [0.717, 1.165) is 0 Å². The van der Waals surface area contributed by atoms with Gasteiger partial charge in [-0.25, -0.2) is 0 Å². The monoisotopic (exact) mass is 292 g/mol. The van der Waals surface area contributed by atoms with E-state index in [1.54, 1.807) is 31.2 Å². The van der Waals surface area contributed by atoms with Crippen LogP contribution in [0.4, 0.5) is 5.69 Å². The molecule has 0 unspecified atom stereocenters. The third-order valence-corrected chi connectivity index (χ3v) is 2.95. The zero-order valence-electron chi connectivity index (χ0n) is 11.0. The third kappa shape index (κ3) is 3.19. The Morgan fingerprint density at radius 1 is 1.30 bits per heavy atom. The molecule has 1 heterocycles. The first-order valence-corrected chi connectivity index (χ1v) is 6.23. The molecule has 0 saturated carbocycles. The number of ether oxygens (including phenoxy) is 1. The summed E-state index contributed by atoms with van der Waals surface area (Å²) < 4.78 is 5.03. The highest BCUT2D eigenvalue weighted by molar-refractivity contribution is 6.32. The number of nitrogens with one attached hydrogen (secondary N) is 2. The molecule has 0 aliphatic heterocycles. The van der Waals surface area contributed by atoms with E-state index < -0.39 is 0 Å². The van der Waals surface area contributed by atoms with Crippen LogP contribution in [0.25, 0.3) is 0 Å². The fourth-order valence-electron chi connectivity index (χ4n) is 1.76. The first-order valence-electron chi connectivity index (χ1n) is 5.85. The molecule has 1 aromatic carbocycles. The van der Waals surface area contributed by atoms with Gasteiger partial charge in [-0.15, -0.1) is 0 Å². The maximum atomic E-state index is 12.0. The summed E-state index contributed by atoms with van der Waals surface area (Å²) in [4.78, 5) is 26.0. The predicted molar refractivity (Wildman–Crippen MR) is 77.8 cm³/mol. The van der Waals surface area contributed by atoms with Crippen LogP contribution in [0.15, 0.2) is 35.1 Å². The summed E-state index contributed by atoms with van der Waals surface area (Å²) in [5.74, 6) is 0.150. The standard InChI is InChI=1S/C14H13ClN2O3/c1-8-5-9(6-13(18)16-8)14(19)17-10-3-4-12(20-2)11(15)7-10/h3-7H,1-2H3,(H,16,18)(H,17,19). The van der Waals surface area contributed by atoms with Crippen molar-refractivity contribution in [1.29, 1.82) is 0 Å². The average Bonchev–Trinajstić information content (AvgIpc) is 2.37. The van der Waals surface area contributed by atoms with Crippen molar-refractivity contribution in [2.75, 3.05) is 12.4 Å². The molecule has 0 fully saturated rings. The van der Waals surface area contributed by atoms with Gasteiger partial charge in [-0.05, 0) is 31.2 Å². The van der Waals surface area contributed by atoms with E-state index >= 15 is 0 Å². The minimum absolute atomic E-state index is 0.290. The van der Waals surface area contributed by atoms with Crippen molar-refractivity contribution in [3.05, 3.63) is 57.0 Å². The topological polar surface area (TPSA) is 71.2 Å². The van der Waals surface area contributed by atoms with Crippen molar-refractivity contribution in [3.8, 4) is 5.75 Å². The van der Waals surface area contributed by atoms with E-state index in [9.17, 15) is 9.59 Å². The van der Waals surface area contributed by atoms with Crippen LogP contribution in [0.5, 0.6) is 5.75 Å². The van der Waals surface area contributed by atoms with Gasteiger partial charge in [0.2, 0.25) is 5.56 Å². The van der Waals surface area contributed by atoms with Gasteiger partial charge in [0.25, 0.3) is 5.91 Å². The molecule has 6 heteroatoms. The van der Waals surface area contributed by atoms with Crippen LogP contribution >= 0.6 is 11.6 Å². The van der Waals surface area contributed by atoms with Gasteiger partial charge >= 0.3 is 0 Å². The molecule has 2 N–H and O–H groups in total. The summed E-state index contributed by atoms with van der Waals surface area (Å²) in [6.07, 6.45) is 0. The Morgan fingerprint density at radius 2 is 2.05 bits per heavy atom.